The maximum absolute atomic E-state index is 11.6. The second-order valence-corrected chi connectivity index (χ2v) is 5.70. The van der Waals surface area contributed by atoms with E-state index in [-0.39, 0.29) is 0 Å². The van der Waals surface area contributed by atoms with Crippen LogP contribution in [-0.4, -0.2) is 23.0 Å². The molecular weight excluding hydrogens is 240 g/mol. The zero-order valence-corrected chi connectivity index (χ0v) is 11.1. The minimum Gasteiger partial charge on any atom is -0.444 e. The Labute approximate surface area is 104 Å². The molecule has 17 heavy (non-hydrogen) atoms. The molecular formula is C11H16N2O3S. The second-order valence-electron chi connectivity index (χ2n) is 4.81. The Kier molecular flexibility index (Phi) is 3.87. The Hall–Kier alpha value is -1.43. The SMILES string of the molecule is CC(C)(C)OC(=O)NC(C)(C=O)c1cncs1. The van der Waals surface area contributed by atoms with Crippen LogP contribution in [0.4, 0.5) is 4.79 Å². The number of nitrogens with one attached hydrogen (secondary N) is 1. The summed E-state index contributed by atoms with van der Waals surface area (Å²) < 4.78 is 5.11. The van der Waals surface area contributed by atoms with Crippen LogP contribution in [0.1, 0.15) is 32.6 Å². The molecule has 1 aromatic rings. The number of ether oxygens (including phenoxy) is 1. The molecule has 0 radical (unpaired) electrons. The van der Waals surface area contributed by atoms with Crippen LogP contribution in [0.15, 0.2) is 11.7 Å². The Morgan fingerprint density at radius 2 is 2.12 bits per heavy atom. The van der Waals surface area contributed by atoms with Crippen LogP contribution < -0.4 is 5.32 Å². The topological polar surface area (TPSA) is 68.3 Å². The Morgan fingerprint density at radius 3 is 2.53 bits per heavy atom. The van der Waals surface area contributed by atoms with Crippen molar-refractivity contribution < 1.29 is 14.3 Å². The van der Waals surface area contributed by atoms with Crippen LogP contribution in [0.5, 0.6) is 0 Å². The van der Waals surface area contributed by atoms with Gasteiger partial charge in [0.05, 0.1) is 10.4 Å². The van der Waals surface area contributed by atoms with Crippen molar-refractivity contribution in [3.05, 3.63) is 16.6 Å². The molecule has 0 fully saturated rings. The fraction of sp³-hybridized carbons (Fsp3) is 0.545. The number of nitrogens with zero attached hydrogens (tertiary/aromatic N) is 1. The number of amides is 1. The molecule has 1 heterocycles. The number of carbonyl (C=O) groups excluding carboxylic acids is 2. The zero-order chi connectivity index (χ0) is 13.1. The Morgan fingerprint density at radius 1 is 1.47 bits per heavy atom. The first kappa shape index (κ1) is 13.6. The van der Waals surface area contributed by atoms with E-state index in [2.05, 4.69) is 10.3 Å². The maximum Gasteiger partial charge on any atom is 0.408 e. The van der Waals surface area contributed by atoms with Crippen LogP contribution in [0.3, 0.4) is 0 Å². The summed E-state index contributed by atoms with van der Waals surface area (Å²) >= 11 is 1.30. The first-order chi connectivity index (χ1) is 7.77. The van der Waals surface area contributed by atoms with Gasteiger partial charge < -0.3 is 14.8 Å². The van der Waals surface area contributed by atoms with Crippen molar-refractivity contribution in [3.63, 3.8) is 0 Å². The maximum atomic E-state index is 11.6. The first-order valence-corrected chi connectivity index (χ1v) is 6.01. The van der Waals surface area contributed by atoms with E-state index in [0.717, 1.165) is 0 Å². The largest absolute Gasteiger partial charge is 0.444 e. The highest BCUT2D eigenvalue weighted by Gasteiger charge is 2.31. The van der Waals surface area contributed by atoms with Gasteiger partial charge >= 0.3 is 6.09 Å². The van der Waals surface area contributed by atoms with Crippen LogP contribution >= 0.6 is 11.3 Å². The highest BCUT2D eigenvalue weighted by molar-refractivity contribution is 7.09. The summed E-state index contributed by atoms with van der Waals surface area (Å²) in [6, 6.07) is 0. The first-order valence-electron chi connectivity index (χ1n) is 5.13. The third-order valence-corrected chi connectivity index (χ3v) is 2.95. The van der Waals surface area contributed by atoms with E-state index < -0.39 is 17.2 Å². The zero-order valence-electron chi connectivity index (χ0n) is 10.3. The molecule has 94 valence electrons. The third kappa shape index (κ3) is 3.81. The van der Waals surface area contributed by atoms with Crippen molar-refractivity contribution in [1.29, 1.82) is 0 Å². The molecule has 0 aliphatic heterocycles. The molecule has 1 unspecified atom stereocenters. The smallest absolute Gasteiger partial charge is 0.408 e. The second kappa shape index (κ2) is 4.83. The fourth-order valence-corrected chi connectivity index (χ4v) is 1.84. The monoisotopic (exact) mass is 256 g/mol. The van der Waals surface area contributed by atoms with Gasteiger partial charge in [-0.2, -0.15) is 0 Å². The summed E-state index contributed by atoms with van der Waals surface area (Å²) in [6.45, 7) is 6.89. The number of aldehydes is 1. The average Bonchev–Trinajstić information content (AvgIpc) is 2.67. The van der Waals surface area contributed by atoms with E-state index in [4.69, 9.17) is 4.74 Å². The van der Waals surface area contributed by atoms with Gasteiger partial charge in [-0.3, -0.25) is 4.98 Å². The number of rotatable bonds is 3. The third-order valence-electron chi connectivity index (χ3n) is 1.94. The molecule has 5 nitrogen and oxygen atoms in total. The number of carbonyl (C=O) groups is 2. The van der Waals surface area contributed by atoms with Crippen molar-refractivity contribution in [2.75, 3.05) is 0 Å². The summed E-state index contributed by atoms with van der Waals surface area (Å²) in [6.07, 6.45) is 1.60. The quantitative estimate of drug-likeness (QED) is 0.841. The molecule has 0 saturated carbocycles. The van der Waals surface area contributed by atoms with Crippen molar-refractivity contribution >= 4 is 23.7 Å². The Balaban J connectivity index is 2.77. The highest BCUT2D eigenvalue weighted by atomic mass is 32.1. The fourth-order valence-electron chi connectivity index (χ4n) is 1.14. The molecule has 1 amide bonds. The van der Waals surface area contributed by atoms with Gasteiger partial charge in [0.1, 0.15) is 11.1 Å². The summed E-state index contributed by atoms with van der Waals surface area (Å²) in [4.78, 5) is 27.3. The lowest BCUT2D eigenvalue weighted by atomic mass is 10.0. The van der Waals surface area contributed by atoms with E-state index >= 15 is 0 Å². The normalized spacial score (nSPS) is 14.8. The molecule has 0 aliphatic carbocycles. The van der Waals surface area contributed by atoms with Gasteiger partial charge in [-0.1, -0.05) is 0 Å². The molecule has 1 aromatic heterocycles. The van der Waals surface area contributed by atoms with E-state index in [1.54, 1.807) is 39.4 Å². The standard InChI is InChI=1S/C11H16N2O3S/c1-10(2,3)16-9(15)13-11(4,6-14)8-5-12-7-17-8/h5-7H,1-4H3,(H,13,15). The lowest BCUT2D eigenvalue weighted by Crippen LogP contribution is -2.46. The van der Waals surface area contributed by atoms with Gasteiger partial charge in [0.15, 0.2) is 6.29 Å². The van der Waals surface area contributed by atoms with E-state index in [1.165, 1.54) is 11.3 Å². The van der Waals surface area contributed by atoms with Gasteiger partial charge in [0, 0.05) is 6.20 Å². The van der Waals surface area contributed by atoms with Gasteiger partial charge in [0.2, 0.25) is 0 Å². The van der Waals surface area contributed by atoms with Gasteiger partial charge in [-0.05, 0) is 27.7 Å². The molecule has 1 rings (SSSR count). The number of thiazole rings is 1. The lowest BCUT2D eigenvalue weighted by molar-refractivity contribution is -0.113. The van der Waals surface area contributed by atoms with Crippen molar-refractivity contribution in [1.82, 2.24) is 10.3 Å². The molecule has 0 aliphatic rings. The molecule has 0 spiro atoms. The lowest BCUT2D eigenvalue weighted by Gasteiger charge is -2.26. The van der Waals surface area contributed by atoms with Crippen LogP contribution in [0.25, 0.3) is 0 Å². The number of hydrogen-bond donors (Lipinski definition) is 1. The molecule has 1 N–H and O–H groups in total. The molecule has 0 aromatic carbocycles. The summed E-state index contributed by atoms with van der Waals surface area (Å²) in [5.74, 6) is 0. The van der Waals surface area contributed by atoms with Gasteiger partial charge in [-0.25, -0.2) is 4.79 Å². The molecule has 0 bridgehead atoms. The van der Waals surface area contributed by atoms with Crippen molar-refractivity contribution in [2.24, 2.45) is 0 Å². The molecule has 1 atom stereocenters. The van der Waals surface area contributed by atoms with Crippen LogP contribution in [-0.2, 0) is 15.1 Å². The van der Waals surface area contributed by atoms with Crippen LogP contribution in [0.2, 0.25) is 0 Å². The minimum absolute atomic E-state index is 0.596. The summed E-state index contributed by atoms with van der Waals surface area (Å²) in [7, 11) is 0. The number of alkyl carbamates (subject to hydrolysis) is 1. The van der Waals surface area contributed by atoms with Crippen LogP contribution in [0, 0.1) is 0 Å². The number of aromatic nitrogens is 1. The summed E-state index contributed by atoms with van der Waals surface area (Å²) in [5.41, 5.74) is -0.0844. The van der Waals surface area contributed by atoms with E-state index in [9.17, 15) is 9.59 Å². The van der Waals surface area contributed by atoms with Gasteiger partial charge in [-0.15, -0.1) is 11.3 Å². The summed E-state index contributed by atoms with van der Waals surface area (Å²) in [5, 5.41) is 2.54. The molecule has 0 saturated heterocycles. The van der Waals surface area contributed by atoms with E-state index in [0.29, 0.717) is 11.2 Å². The minimum atomic E-state index is -1.09. The predicted molar refractivity (Wildman–Crippen MR) is 64.9 cm³/mol. The highest BCUT2D eigenvalue weighted by Crippen LogP contribution is 2.22. The predicted octanol–water partition coefficient (Wildman–Crippen LogP) is 2.08. The Bertz CT molecular complexity index is 397. The number of hydrogen-bond acceptors (Lipinski definition) is 5. The average molecular weight is 256 g/mol. The van der Waals surface area contributed by atoms with E-state index in [1.807, 2.05) is 0 Å². The van der Waals surface area contributed by atoms with Gasteiger partial charge in [0.25, 0.3) is 0 Å². The van der Waals surface area contributed by atoms with Crippen molar-refractivity contribution in [3.8, 4) is 0 Å². The molecule has 6 heteroatoms. The van der Waals surface area contributed by atoms with Crippen molar-refractivity contribution in [2.45, 2.75) is 38.8 Å².